The quantitative estimate of drug-likeness (QED) is 0.526. The minimum atomic E-state index is -0.188. The Hall–Kier alpha value is -1.70. The van der Waals surface area contributed by atoms with Gasteiger partial charge < -0.3 is 0 Å². The molecule has 2 aromatic carbocycles. The molecule has 1 aliphatic carbocycles. The second-order valence-electron chi connectivity index (χ2n) is 7.38. The van der Waals surface area contributed by atoms with E-state index in [1.807, 2.05) is 24.3 Å². The number of hydrogen-bond acceptors (Lipinski definition) is 0. The maximum absolute atomic E-state index is 14.4. The Kier molecular flexibility index (Phi) is 6.23. The first-order chi connectivity index (χ1) is 12.2. The number of hydrogen-bond donors (Lipinski definition) is 0. The Morgan fingerprint density at radius 1 is 0.960 bits per heavy atom. The average Bonchev–Trinajstić information content (AvgIpc) is 2.63. The Morgan fingerprint density at radius 2 is 1.68 bits per heavy atom. The van der Waals surface area contributed by atoms with Crippen molar-refractivity contribution in [2.45, 2.75) is 57.8 Å². The van der Waals surface area contributed by atoms with Gasteiger partial charge in [0.1, 0.15) is 5.82 Å². The van der Waals surface area contributed by atoms with Crippen LogP contribution in [0.3, 0.4) is 0 Å². The molecule has 0 aliphatic heterocycles. The van der Waals surface area contributed by atoms with E-state index in [1.54, 1.807) is 6.07 Å². The van der Waals surface area contributed by atoms with Gasteiger partial charge in [-0.15, -0.1) is 0 Å². The van der Waals surface area contributed by atoms with E-state index >= 15 is 0 Å². The first-order valence-corrected chi connectivity index (χ1v) is 9.66. The van der Waals surface area contributed by atoms with E-state index < -0.39 is 0 Å². The lowest BCUT2D eigenvalue weighted by Crippen LogP contribution is -2.13. The van der Waals surface area contributed by atoms with Gasteiger partial charge in [-0.25, -0.2) is 4.39 Å². The van der Waals surface area contributed by atoms with Gasteiger partial charge in [-0.3, -0.25) is 4.39 Å². The summed E-state index contributed by atoms with van der Waals surface area (Å²) in [6.07, 6.45) is 7.21. The Labute approximate surface area is 150 Å². The van der Waals surface area contributed by atoms with Crippen LogP contribution in [0.5, 0.6) is 0 Å². The lowest BCUT2D eigenvalue weighted by molar-refractivity contribution is 0.283. The highest BCUT2D eigenvalue weighted by atomic mass is 19.1. The predicted octanol–water partition coefficient (Wildman–Crippen LogP) is 7.08. The molecule has 1 aliphatic rings. The van der Waals surface area contributed by atoms with Crippen LogP contribution in [-0.4, -0.2) is 6.67 Å². The lowest BCUT2D eigenvalue weighted by atomic mass is 9.77. The molecule has 1 saturated carbocycles. The van der Waals surface area contributed by atoms with Crippen LogP contribution in [0.25, 0.3) is 11.1 Å². The first kappa shape index (κ1) is 18.1. The molecule has 2 heteroatoms. The summed E-state index contributed by atoms with van der Waals surface area (Å²) in [5, 5.41) is 0. The van der Waals surface area contributed by atoms with Gasteiger partial charge in [-0.1, -0.05) is 49.7 Å². The summed E-state index contributed by atoms with van der Waals surface area (Å²) in [5.74, 6) is 1.00. The molecular formula is C23H28F2. The van der Waals surface area contributed by atoms with Crippen molar-refractivity contribution in [3.05, 3.63) is 59.4 Å². The molecule has 0 nitrogen and oxygen atoms in total. The molecule has 0 bridgehead atoms. The van der Waals surface area contributed by atoms with Crippen LogP contribution in [0.2, 0.25) is 0 Å². The number of alkyl halides is 1. The summed E-state index contributed by atoms with van der Waals surface area (Å²) in [6.45, 7) is 1.92. The molecule has 25 heavy (non-hydrogen) atoms. The fraction of sp³-hybridized carbons (Fsp3) is 0.478. The molecule has 0 aromatic heterocycles. The zero-order valence-corrected chi connectivity index (χ0v) is 15.1. The van der Waals surface area contributed by atoms with Gasteiger partial charge >= 0.3 is 0 Å². The summed E-state index contributed by atoms with van der Waals surface area (Å²) in [6, 6.07) is 14.0. The van der Waals surface area contributed by atoms with Gasteiger partial charge in [0.2, 0.25) is 0 Å². The highest BCUT2D eigenvalue weighted by Gasteiger charge is 2.22. The molecule has 0 amide bonds. The molecular weight excluding hydrogens is 314 g/mol. The second-order valence-corrected chi connectivity index (χ2v) is 7.38. The standard InChI is InChI=1S/C23H28F2/c1-2-3-18-6-13-22(23(25)16-18)21-11-9-20(10-12-21)19-7-4-17(5-8-19)14-15-24/h6,9-13,16-17,19H,2-5,7-8,14-15H2,1H3. The van der Waals surface area contributed by atoms with Gasteiger partial charge in [0.25, 0.3) is 0 Å². The van der Waals surface area contributed by atoms with E-state index in [9.17, 15) is 8.78 Å². The Morgan fingerprint density at radius 3 is 2.28 bits per heavy atom. The zero-order valence-electron chi connectivity index (χ0n) is 15.1. The number of benzene rings is 2. The molecule has 0 heterocycles. The molecule has 0 radical (unpaired) electrons. The molecule has 0 saturated heterocycles. The third kappa shape index (κ3) is 4.48. The Bertz CT molecular complexity index is 667. The van der Waals surface area contributed by atoms with Gasteiger partial charge in [0, 0.05) is 5.56 Å². The van der Waals surface area contributed by atoms with Crippen LogP contribution in [0, 0.1) is 11.7 Å². The summed E-state index contributed by atoms with van der Waals surface area (Å²) in [4.78, 5) is 0. The average molecular weight is 342 g/mol. The van der Waals surface area contributed by atoms with Crippen molar-refractivity contribution in [2.24, 2.45) is 5.92 Å². The molecule has 0 spiro atoms. The van der Waals surface area contributed by atoms with Crippen molar-refractivity contribution in [3.63, 3.8) is 0 Å². The fourth-order valence-corrected chi connectivity index (χ4v) is 4.11. The van der Waals surface area contributed by atoms with E-state index in [1.165, 1.54) is 5.56 Å². The SMILES string of the molecule is CCCc1ccc(-c2ccc(C3CCC(CCF)CC3)cc2)c(F)c1. The summed E-state index contributed by atoms with van der Waals surface area (Å²) in [5.41, 5.74) is 4.02. The van der Waals surface area contributed by atoms with Crippen LogP contribution in [0.4, 0.5) is 8.78 Å². The van der Waals surface area contributed by atoms with E-state index in [-0.39, 0.29) is 12.5 Å². The largest absolute Gasteiger partial charge is 0.251 e. The summed E-state index contributed by atoms with van der Waals surface area (Å²) in [7, 11) is 0. The minimum Gasteiger partial charge on any atom is -0.251 e. The number of aryl methyl sites for hydroxylation is 1. The second kappa shape index (κ2) is 8.60. The molecule has 0 unspecified atom stereocenters. The molecule has 2 aromatic rings. The molecule has 0 N–H and O–H groups in total. The first-order valence-electron chi connectivity index (χ1n) is 9.66. The third-order valence-corrected chi connectivity index (χ3v) is 5.63. The topological polar surface area (TPSA) is 0 Å². The van der Waals surface area contributed by atoms with Crippen molar-refractivity contribution >= 4 is 0 Å². The maximum Gasteiger partial charge on any atom is 0.131 e. The Balaban J connectivity index is 1.68. The maximum atomic E-state index is 14.4. The van der Waals surface area contributed by atoms with Gasteiger partial charge in [-0.05, 0) is 73.1 Å². The van der Waals surface area contributed by atoms with Crippen molar-refractivity contribution in [2.75, 3.05) is 6.67 Å². The van der Waals surface area contributed by atoms with E-state index in [0.29, 0.717) is 17.4 Å². The van der Waals surface area contributed by atoms with Gasteiger partial charge in [0.15, 0.2) is 0 Å². The number of rotatable bonds is 6. The minimum absolute atomic E-state index is 0.134. The van der Waals surface area contributed by atoms with E-state index in [2.05, 4.69) is 19.1 Å². The highest BCUT2D eigenvalue weighted by Crippen LogP contribution is 2.37. The highest BCUT2D eigenvalue weighted by molar-refractivity contribution is 5.65. The lowest BCUT2D eigenvalue weighted by Gasteiger charge is -2.28. The normalized spacial score (nSPS) is 20.6. The molecule has 0 atom stereocenters. The summed E-state index contributed by atoms with van der Waals surface area (Å²) < 4.78 is 26.9. The van der Waals surface area contributed by atoms with Crippen molar-refractivity contribution < 1.29 is 8.78 Å². The van der Waals surface area contributed by atoms with Crippen LogP contribution in [-0.2, 0) is 6.42 Å². The van der Waals surface area contributed by atoms with E-state index in [0.717, 1.165) is 56.1 Å². The van der Waals surface area contributed by atoms with Crippen molar-refractivity contribution in [1.82, 2.24) is 0 Å². The fourth-order valence-electron chi connectivity index (χ4n) is 4.11. The third-order valence-electron chi connectivity index (χ3n) is 5.63. The number of halogens is 2. The van der Waals surface area contributed by atoms with Crippen LogP contribution in [0.1, 0.15) is 62.5 Å². The molecule has 134 valence electrons. The molecule has 3 rings (SSSR count). The van der Waals surface area contributed by atoms with Crippen LogP contribution in [0.15, 0.2) is 42.5 Å². The summed E-state index contributed by atoms with van der Waals surface area (Å²) >= 11 is 0. The van der Waals surface area contributed by atoms with Crippen LogP contribution < -0.4 is 0 Å². The molecule has 1 fully saturated rings. The zero-order chi connectivity index (χ0) is 17.6. The predicted molar refractivity (Wildman–Crippen MR) is 101 cm³/mol. The van der Waals surface area contributed by atoms with E-state index in [4.69, 9.17) is 0 Å². The van der Waals surface area contributed by atoms with Gasteiger partial charge in [-0.2, -0.15) is 0 Å². The van der Waals surface area contributed by atoms with Gasteiger partial charge in [0.05, 0.1) is 6.67 Å². The van der Waals surface area contributed by atoms with Crippen LogP contribution >= 0.6 is 0 Å². The smallest absolute Gasteiger partial charge is 0.131 e. The van der Waals surface area contributed by atoms with Crippen molar-refractivity contribution in [1.29, 1.82) is 0 Å². The monoisotopic (exact) mass is 342 g/mol. The van der Waals surface area contributed by atoms with Crippen molar-refractivity contribution in [3.8, 4) is 11.1 Å².